The lowest BCUT2D eigenvalue weighted by molar-refractivity contribution is 0.104. The Balaban J connectivity index is 1.97. The number of hydrogen-bond acceptors (Lipinski definition) is 1. The van der Waals surface area contributed by atoms with Crippen molar-refractivity contribution in [1.29, 1.82) is 0 Å². The number of carbonyl (C=O) groups excluding carboxylic acids is 1. The first-order chi connectivity index (χ1) is 11.7. The third kappa shape index (κ3) is 2.48. The SMILES string of the molecule is CC1=CCC(c2ccc3ccccc3c2C(=O)c2ccccc2)=C1. The van der Waals surface area contributed by atoms with Gasteiger partial charge in [-0.25, -0.2) is 0 Å². The molecule has 3 aromatic carbocycles. The molecule has 0 radical (unpaired) electrons. The largest absolute Gasteiger partial charge is 0.289 e. The molecule has 0 bridgehead atoms. The van der Waals surface area contributed by atoms with Crippen molar-refractivity contribution in [2.45, 2.75) is 13.3 Å². The first-order valence-electron chi connectivity index (χ1n) is 8.23. The second-order valence-corrected chi connectivity index (χ2v) is 6.23. The molecule has 0 aromatic heterocycles. The van der Waals surface area contributed by atoms with E-state index in [4.69, 9.17) is 0 Å². The zero-order valence-corrected chi connectivity index (χ0v) is 13.6. The molecule has 3 aromatic rings. The lowest BCUT2D eigenvalue weighted by Crippen LogP contribution is -2.06. The molecule has 4 rings (SSSR count). The molecular formula is C23H18O. The van der Waals surface area contributed by atoms with Gasteiger partial charge in [0.25, 0.3) is 0 Å². The molecule has 24 heavy (non-hydrogen) atoms. The minimum Gasteiger partial charge on any atom is -0.289 e. The Kier molecular flexibility index (Phi) is 3.62. The number of fused-ring (bicyclic) bond motifs is 1. The van der Waals surface area contributed by atoms with Gasteiger partial charge in [-0.15, -0.1) is 0 Å². The van der Waals surface area contributed by atoms with E-state index in [0.717, 1.165) is 33.9 Å². The predicted molar refractivity (Wildman–Crippen MR) is 100 cm³/mol. The Morgan fingerprint density at radius 1 is 0.875 bits per heavy atom. The fourth-order valence-electron chi connectivity index (χ4n) is 3.37. The molecule has 0 amide bonds. The van der Waals surface area contributed by atoms with Crippen LogP contribution in [0.1, 0.15) is 34.8 Å². The van der Waals surface area contributed by atoms with E-state index in [1.165, 1.54) is 11.1 Å². The standard InChI is InChI=1S/C23H18O/c1-16-11-12-19(15-16)21-14-13-17-7-5-6-10-20(17)22(21)23(24)18-8-3-2-4-9-18/h2-11,13-15H,12H2,1H3. The molecule has 116 valence electrons. The topological polar surface area (TPSA) is 17.1 Å². The quantitative estimate of drug-likeness (QED) is 0.558. The zero-order valence-electron chi connectivity index (χ0n) is 13.6. The van der Waals surface area contributed by atoms with Crippen molar-refractivity contribution in [3.05, 3.63) is 101 Å². The Hall–Kier alpha value is -2.93. The fourth-order valence-corrected chi connectivity index (χ4v) is 3.37. The number of allylic oxidation sites excluding steroid dienone is 4. The van der Waals surface area contributed by atoms with Crippen LogP contribution >= 0.6 is 0 Å². The van der Waals surface area contributed by atoms with Gasteiger partial charge in [0.2, 0.25) is 0 Å². The van der Waals surface area contributed by atoms with Gasteiger partial charge in [-0.3, -0.25) is 4.79 Å². The number of benzene rings is 3. The molecular weight excluding hydrogens is 292 g/mol. The lowest BCUT2D eigenvalue weighted by Gasteiger charge is -2.13. The fraction of sp³-hybridized carbons (Fsp3) is 0.0870. The molecule has 0 aliphatic heterocycles. The minimum absolute atomic E-state index is 0.0906. The van der Waals surface area contributed by atoms with E-state index in [-0.39, 0.29) is 5.78 Å². The Labute approximate surface area is 142 Å². The average Bonchev–Trinajstić information content (AvgIpc) is 3.07. The van der Waals surface area contributed by atoms with Crippen molar-refractivity contribution in [1.82, 2.24) is 0 Å². The lowest BCUT2D eigenvalue weighted by atomic mass is 9.89. The van der Waals surface area contributed by atoms with Crippen molar-refractivity contribution < 1.29 is 4.79 Å². The Morgan fingerprint density at radius 3 is 2.38 bits per heavy atom. The molecule has 1 aliphatic rings. The molecule has 0 spiro atoms. The summed E-state index contributed by atoms with van der Waals surface area (Å²) in [6, 6.07) is 21.9. The molecule has 0 fully saturated rings. The second kappa shape index (κ2) is 5.93. The van der Waals surface area contributed by atoms with Crippen LogP contribution < -0.4 is 0 Å². The van der Waals surface area contributed by atoms with E-state index in [1.54, 1.807) is 0 Å². The van der Waals surface area contributed by atoms with Crippen LogP contribution in [0.25, 0.3) is 16.3 Å². The highest BCUT2D eigenvalue weighted by atomic mass is 16.1. The Bertz CT molecular complexity index is 991. The molecule has 1 aliphatic carbocycles. The van der Waals surface area contributed by atoms with Crippen LogP contribution in [-0.4, -0.2) is 5.78 Å². The summed E-state index contributed by atoms with van der Waals surface area (Å²) < 4.78 is 0. The summed E-state index contributed by atoms with van der Waals surface area (Å²) >= 11 is 0. The zero-order chi connectivity index (χ0) is 16.5. The molecule has 0 N–H and O–H groups in total. The number of ketones is 1. The smallest absolute Gasteiger partial charge is 0.194 e. The highest BCUT2D eigenvalue weighted by molar-refractivity contribution is 6.19. The third-order valence-electron chi connectivity index (χ3n) is 4.58. The van der Waals surface area contributed by atoms with Gasteiger partial charge in [0.05, 0.1) is 0 Å². The van der Waals surface area contributed by atoms with Crippen molar-refractivity contribution >= 4 is 22.1 Å². The van der Waals surface area contributed by atoms with Crippen LogP contribution in [0, 0.1) is 0 Å². The van der Waals surface area contributed by atoms with Gasteiger partial charge in [0.1, 0.15) is 0 Å². The summed E-state index contributed by atoms with van der Waals surface area (Å²) in [6.07, 6.45) is 5.28. The van der Waals surface area contributed by atoms with Crippen molar-refractivity contribution in [3.63, 3.8) is 0 Å². The van der Waals surface area contributed by atoms with Crippen molar-refractivity contribution in [3.8, 4) is 0 Å². The van der Waals surface area contributed by atoms with E-state index in [0.29, 0.717) is 0 Å². The van der Waals surface area contributed by atoms with Crippen LogP contribution in [0.3, 0.4) is 0 Å². The van der Waals surface area contributed by atoms with Gasteiger partial charge < -0.3 is 0 Å². The molecule has 0 saturated heterocycles. The van der Waals surface area contributed by atoms with Crippen LogP contribution in [0.4, 0.5) is 0 Å². The van der Waals surface area contributed by atoms with E-state index >= 15 is 0 Å². The van der Waals surface area contributed by atoms with E-state index in [1.807, 2.05) is 48.5 Å². The van der Waals surface area contributed by atoms with Gasteiger partial charge in [-0.05, 0) is 35.3 Å². The van der Waals surface area contributed by atoms with Crippen molar-refractivity contribution in [2.24, 2.45) is 0 Å². The van der Waals surface area contributed by atoms with E-state index < -0.39 is 0 Å². The molecule has 0 heterocycles. The van der Waals surface area contributed by atoms with Gasteiger partial charge >= 0.3 is 0 Å². The number of carbonyl (C=O) groups is 1. The molecule has 1 nitrogen and oxygen atoms in total. The highest BCUT2D eigenvalue weighted by Crippen LogP contribution is 2.34. The monoisotopic (exact) mass is 310 g/mol. The molecule has 0 saturated carbocycles. The van der Waals surface area contributed by atoms with Gasteiger partial charge in [0.15, 0.2) is 5.78 Å². The third-order valence-corrected chi connectivity index (χ3v) is 4.58. The maximum atomic E-state index is 13.3. The summed E-state index contributed by atoms with van der Waals surface area (Å²) in [5, 5.41) is 2.12. The van der Waals surface area contributed by atoms with Gasteiger partial charge in [-0.2, -0.15) is 0 Å². The van der Waals surface area contributed by atoms with Crippen LogP contribution in [0.2, 0.25) is 0 Å². The molecule has 1 heteroatoms. The predicted octanol–water partition coefficient (Wildman–Crippen LogP) is 5.80. The second-order valence-electron chi connectivity index (χ2n) is 6.23. The summed E-state index contributed by atoms with van der Waals surface area (Å²) in [6.45, 7) is 2.10. The van der Waals surface area contributed by atoms with Gasteiger partial charge in [0, 0.05) is 11.1 Å². The van der Waals surface area contributed by atoms with Crippen LogP contribution in [-0.2, 0) is 0 Å². The van der Waals surface area contributed by atoms with Gasteiger partial charge in [-0.1, -0.05) is 84.5 Å². The summed E-state index contributed by atoms with van der Waals surface area (Å²) in [7, 11) is 0. The normalized spacial score (nSPS) is 13.7. The average molecular weight is 310 g/mol. The van der Waals surface area contributed by atoms with Crippen LogP contribution in [0.15, 0.2) is 84.5 Å². The minimum atomic E-state index is 0.0906. The van der Waals surface area contributed by atoms with Crippen LogP contribution in [0.5, 0.6) is 0 Å². The summed E-state index contributed by atoms with van der Waals surface area (Å²) in [5.74, 6) is 0.0906. The molecule has 0 atom stereocenters. The maximum Gasteiger partial charge on any atom is 0.194 e. The highest BCUT2D eigenvalue weighted by Gasteiger charge is 2.20. The Morgan fingerprint density at radius 2 is 1.62 bits per heavy atom. The molecule has 0 unspecified atom stereocenters. The van der Waals surface area contributed by atoms with Crippen molar-refractivity contribution in [2.75, 3.05) is 0 Å². The van der Waals surface area contributed by atoms with E-state index in [9.17, 15) is 4.79 Å². The number of rotatable bonds is 3. The first kappa shape index (κ1) is 14.6. The number of hydrogen-bond donors (Lipinski definition) is 0. The first-order valence-corrected chi connectivity index (χ1v) is 8.23. The summed E-state index contributed by atoms with van der Waals surface area (Å²) in [5.41, 5.74) is 5.08. The summed E-state index contributed by atoms with van der Waals surface area (Å²) in [4.78, 5) is 13.3. The maximum absolute atomic E-state index is 13.3. The van der Waals surface area contributed by atoms with E-state index in [2.05, 4.69) is 37.3 Å².